The van der Waals surface area contributed by atoms with Gasteiger partial charge in [0.15, 0.2) is 0 Å². The van der Waals surface area contributed by atoms with Gasteiger partial charge in [0.25, 0.3) is 0 Å². The molecule has 84 valence electrons. The molecule has 0 saturated carbocycles. The quantitative estimate of drug-likeness (QED) is 0.816. The van der Waals surface area contributed by atoms with Crippen LogP contribution in [0.25, 0.3) is 5.69 Å². The van der Waals surface area contributed by atoms with Gasteiger partial charge >= 0.3 is 0 Å². The second-order valence-corrected chi connectivity index (χ2v) is 4.99. The van der Waals surface area contributed by atoms with Gasteiger partial charge in [-0.15, -0.1) is 0 Å². The summed E-state index contributed by atoms with van der Waals surface area (Å²) in [6.45, 7) is 0. The van der Waals surface area contributed by atoms with Gasteiger partial charge in [0.2, 0.25) is 0 Å². The van der Waals surface area contributed by atoms with E-state index in [0.717, 1.165) is 11.3 Å². The first-order chi connectivity index (χ1) is 7.66. The lowest BCUT2D eigenvalue weighted by Gasteiger charge is -2.07. The minimum absolute atomic E-state index is 0.473. The van der Waals surface area contributed by atoms with Crippen LogP contribution in [0.5, 0.6) is 0 Å². The molecule has 1 heterocycles. The lowest BCUT2D eigenvalue weighted by molar-refractivity contribution is 0.686. The first kappa shape index (κ1) is 10.9. The minimum atomic E-state index is -0.892. The van der Waals surface area contributed by atoms with Crippen LogP contribution in [0.15, 0.2) is 36.7 Å². The second-order valence-electron chi connectivity index (χ2n) is 3.55. The molecule has 16 heavy (non-hydrogen) atoms. The van der Waals surface area contributed by atoms with E-state index in [1.54, 1.807) is 17.1 Å². The molecular weight excluding hydrogens is 222 g/mol. The Morgan fingerprint density at radius 1 is 1.50 bits per heavy atom. The molecule has 0 radical (unpaired) electrons. The molecule has 0 saturated heterocycles. The zero-order valence-electron chi connectivity index (χ0n) is 8.96. The van der Waals surface area contributed by atoms with Crippen molar-refractivity contribution >= 4 is 16.5 Å². The van der Waals surface area contributed by atoms with Crippen LogP contribution in [0, 0.1) is 0 Å². The predicted octanol–water partition coefficient (Wildman–Crippen LogP) is 1.33. The molecule has 0 aliphatic heterocycles. The summed E-state index contributed by atoms with van der Waals surface area (Å²) >= 11 is 0. The number of aromatic nitrogens is 2. The highest BCUT2D eigenvalue weighted by Gasteiger charge is 2.04. The SMILES string of the molecule is CS(=O)Cc1cc(-n2cccn2)ccc1N. The van der Waals surface area contributed by atoms with Crippen LogP contribution in [0.1, 0.15) is 5.56 Å². The molecule has 5 heteroatoms. The Bertz CT molecular complexity index is 508. The summed E-state index contributed by atoms with van der Waals surface area (Å²) in [5, 5.41) is 4.14. The second kappa shape index (κ2) is 4.49. The maximum atomic E-state index is 11.2. The van der Waals surface area contributed by atoms with E-state index in [9.17, 15) is 4.21 Å². The zero-order chi connectivity index (χ0) is 11.5. The van der Waals surface area contributed by atoms with E-state index in [0.29, 0.717) is 11.4 Å². The molecule has 0 fully saturated rings. The molecule has 1 aromatic carbocycles. The summed E-state index contributed by atoms with van der Waals surface area (Å²) in [6, 6.07) is 7.49. The first-order valence-electron chi connectivity index (χ1n) is 4.85. The van der Waals surface area contributed by atoms with E-state index in [1.165, 1.54) is 0 Å². The number of rotatable bonds is 3. The maximum Gasteiger partial charge on any atom is 0.0650 e. The summed E-state index contributed by atoms with van der Waals surface area (Å²) < 4.78 is 12.9. The highest BCUT2D eigenvalue weighted by atomic mass is 32.2. The van der Waals surface area contributed by atoms with Crippen LogP contribution in [0.3, 0.4) is 0 Å². The minimum Gasteiger partial charge on any atom is -0.398 e. The lowest BCUT2D eigenvalue weighted by Crippen LogP contribution is -2.01. The van der Waals surface area contributed by atoms with E-state index >= 15 is 0 Å². The van der Waals surface area contributed by atoms with Gasteiger partial charge in [0.1, 0.15) is 0 Å². The van der Waals surface area contributed by atoms with Crippen molar-refractivity contribution in [3.05, 3.63) is 42.2 Å². The van der Waals surface area contributed by atoms with E-state index in [-0.39, 0.29) is 0 Å². The number of nitrogen functional groups attached to an aromatic ring is 1. The Balaban J connectivity index is 2.39. The summed E-state index contributed by atoms with van der Waals surface area (Å²) in [5.41, 5.74) is 8.33. The molecular formula is C11H13N3OS. The average Bonchev–Trinajstić information content (AvgIpc) is 2.73. The van der Waals surface area contributed by atoms with Gasteiger partial charge in [-0.05, 0) is 29.8 Å². The van der Waals surface area contributed by atoms with Crippen LogP contribution in [-0.4, -0.2) is 20.2 Å². The van der Waals surface area contributed by atoms with Crippen molar-refractivity contribution in [1.29, 1.82) is 0 Å². The fourth-order valence-corrected chi connectivity index (χ4v) is 2.19. The molecule has 1 aromatic heterocycles. The van der Waals surface area contributed by atoms with Crippen molar-refractivity contribution in [3.63, 3.8) is 0 Å². The van der Waals surface area contributed by atoms with Crippen molar-refractivity contribution in [2.75, 3.05) is 12.0 Å². The van der Waals surface area contributed by atoms with Gasteiger partial charge in [-0.2, -0.15) is 5.10 Å². The smallest absolute Gasteiger partial charge is 0.0650 e. The first-order valence-corrected chi connectivity index (χ1v) is 6.58. The van der Waals surface area contributed by atoms with Gasteiger partial charge in [0.05, 0.1) is 11.4 Å². The van der Waals surface area contributed by atoms with Crippen molar-refractivity contribution in [3.8, 4) is 5.69 Å². The van der Waals surface area contributed by atoms with E-state index in [4.69, 9.17) is 5.73 Å². The van der Waals surface area contributed by atoms with Gasteiger partial charge < -0.3 is 5.73 Å². The number of hydrogen-bond donors (Lipinski definition) is 1. The van der Waals surface area contributed by atoms with Gasteiger partial charge in [-0.3, -0.25) is 4.21 Å². The topological polar surface area (TPSA) is 60.9 Å². The Morgan fingerprint density at radius 3 is 2.94 bits per heavy atom. The van der Waals surface area contributed by atoms with Crippen molar-refractivity contribution in [1.82, 2.24) is 9.78 Å². The van der Waals surface area contributed by atoms with E-state index in [2.05, 4.69) is 5.10 Å². The lowest BCUT2D eigenvalue weighted by atomic mass is 10.2. The van der Waals surface area contributed by atoms with Gasteiger partial charge in [-0.1, -0.05) is 0 Å². The number of nitrogens with two attached hydrogens (primary N) is 1. The third-order valence-electron chi connectivity index (χ3n) is 2.25. The van der Waals surface area contributed by atoms with Crippen LogP contribution in [0.2, 0.25) is 0 Å². The Hall–Kier alpha value is -1.62. The molecule has 0 aliphatic carbocycles. The highest BCUT2D eigenvalue weighted by molar-refractivity contribution is 7.83. The number of benzene rings is 1. The Kier molecular flexibility index (Phi) is 3.05. The summed E-state index contributed by atoms with van der Waals surface area (Å²) in [7, 11) is -0.892. The third-order valence-corrected chi connectivity index (χ3v) is 2.97. The molecule has 1 unspecified atom stereocenters. The molecule has 0 bridgehead atoms. The monoisotopic (exact) mass is 235 g/mol. The Morgan fingerprint density at radius 2 is 2.31 bits per heavy atom. The van der Waals surface area contributed by atoms with Crippen molar-refractivity contribution in [2.24, 2.45) is 0 Å². The van der Waals surface area contributed by atoms with E-state index in [1.807, 2.05) is 30.5 Å². The van der Waals surface area contributed by atoms with Crippen LogP contribution in [-0.2, 0) is 16.6 Å². The number of hydrogen-bond acceptors (Lipinski definition) is 3. The molecule has 4 nitrogen and oxygen atoms in total. The molecule has 0 spiro atoms. The molecule has 2 rings (SSSR count). The standard InChI is InChI=1S/C11H13N3OS/c1-16(15)8-9-7-10(3-4-11(9)12)14-6-2-5-13-14/h2-7H,8,12H2,1H3. The average molecular weight is 235 g/mol. The normalized spacial score (nSPS) is 12.6. The van der Waals surface area contributed by atoms with Crippen LogP contribution < -0.4 is 5.73 Å². The van der Waals surface area contributed by atoms with Crippen molar-refractivity contribution < 1.29 is 4.21 Å². The zero-order valence-corrected chi connectivity index (χ0v) is 9.78. The number of anilines is 1. The molecule has 2 N–H and O–H groups in total. The summed E-state index contributed by atoms with van der Waals surface area (Å²) in [4.78, 5) is 0. The highest BCUT2D eigenvalue weighted by Crippen LogP contribution is 2.18. The maximum absolute atomic E-state index is 11.2. The molecule has 1 atom stereocenters. The molecule has 0 aliphatic rings. The molecule has 2 aromatic rings. The van der Waals surface area contributed by atoms with Gasteiger partial charge in [-0.25, -0.2) is 4.68 Å². The van der Waals surface area contributed by atoms with Crippen LogP contribution in [0.4, 0.5) is 5.69 Å². The Labute approximate surface area is 96.5 Å². The summed E-state index contributed by atoms with van der Waals surface area (Å²) in [6.07, 6.45) is 5.24. The fraction of sp³-hybridized carbons (Fsp3) is 0.182. The summed E-state index contributed by atoms with van der Waals surface area (Å²) in [5.74, 6) is 0.473. The van der Waals surface area contributed by atoms with Crippen molar-refractivity contribution in [2.45, 2.75) is 5.75 Å². The third kappa shape index (κ3) is 2.30. The van der Waals surface area contributed by atoms with Crippen LogP contribution >= 0.6 is 0 Å². The van der Waals surface area contributed by atoms with Gasteiger partial charge in [0, 0.05) is 35.1 Å². The largest absolute Gasteiger partial charge is 0.398 e. The predicted molar refractivity (Wildman–Crippen MR) is 65.7 cm³/mol. The fourth-order valence-electron chi connectivity index (χ4n) is 1.50. The number of nitrogens with zero attached hydrogens (tertiary/aromatic N) is 2. The molecule has 0 amide bonds. The van der Waals surface area contributed by atoms with E-state index < -0.39 is 10.8 Å².